The average molecular weight is 246 g/mol. The van der Waals surface area contributed by atoms with Gasteiger partial charge >= 0.3 is 5.97 Å². The maximum Gasteiger partial charge on any atom is 0.342 e. The standard InChI is InChI=1S/C15H18O3/c1-2-3-4-8-11-13-17-14(15(16)18-13)12-9-6-5-7-10-12/h3-7,9-10,13-14H,2,8,11H2,1H3/b4-3-/t13-,14-/m1/s1. The number of carbonyl (C=O) groups is 1. The molecular formula is C15H18O3. The molecule has 1 aromatic carbocycles. The van der Waals surface area contributed by atoms with Gasteiger partial charge in [0, 0.05) is 6.42 Å². The Morgan fingerprint density at radius 3 is 2.72 bits per heavy atom. The maximum absolute atomic E-state index is 11.7. The van der Waals surface area contributed by atoms with Gasteiger partial charge in [-0.2, -0.15) is 0 Å². The highest BCUT2D eigenvalue weighted by molar-refractivity contribution is 5.77. The SMILES string of the molecule is CC/C=C\CC[C@H]1OC(=O)[C@@H](c2ccccc2)O1. The first kappa shape index (κ1) is 12.8. The predicted octanol–water partition coefficient (Wildman–Crippen LogP) is 3.37. The number of esters is 1. The minimum atomic E-state index is -0.564. The lowest BCUT2D eigenvalue weighted by Crippen LogP contribution is -2.07. The second-order valence-electron chi connectivity index (χ2n) is 4.25. The topological polar surface area (TPSA) is 35.5 Å². The molecule has 1 fully saturated rings. The molecule has 1 saturated heterocycles. The lowest BCUT2D eigenvalue weighted by atomic mass is 10.1. The Hall–Kier alpha value is -1.61. The number of benzene rings is 1. The summed E-state index contributed by atoms with van der Waals surface area (Å²) in [7, 11) is 0. The lowest BCUT2D eigenvalue weighted by molar-refractivity contribution is -0.143. The van der Waals surface area contributed by atoms with E-state index in [1.165, 1.54) is 0 Å². The van der Waals surface area contributed by atoms with Gasteiger partial charge in [-0.3, -0.25) is 0 Å². The van der Waals surface area contributed by atoms with Gasteiger partial charge in [0.15, 0.2) is 6.10 Å². The van der Waals surface area contributed by atoms with Crippen LogP contribution in [0.5, 0.6) is 0 Å². The number of hydrogen-bond donors (Lipinski definition) is 0. The zero-order valence-corrected chi connectivity index (χ0v) is 10.5. The van der Waals surface area contributed by atoms with Gasteiger partial charge < -0.3 is 9.47 Å². The van der Waals surface area contributed by atoms with Gasteiger partial charge in [0.25, 0.3) is 0 Å². The molecule has 1 heterocycles. The van der Waals surface area contributed by atoms with Crippen molar-refractivity contribution in [3.05, 3.63) is 48.0 Å². The maximum atomic E-state index is 11.7. The molecular weight excluding hydrogens is 228 g/mol. The Balaban J connectivity index is 1.89. The molecule has 0 aromatic heterocycles. The zero-order valence-electron chi connectivity index (χ0n) is 10.5. The number of rotatable bonds is 5. The molecule has 1 aliphatic heterocycles. The van der Waals surface area contributed by atoms with Crippen molar-refractivity contribution in [2.75, 3.05) is 0 Å². The lowest BCUT2D eigenvalue weighted by Gasteiger charge is -2.08. The van der Waals surface area contributed by atoms with Gasteiger partial charge in [0.1, 0.15) is 0 Å². The van der Waals surface area contributed by atoms with E-state index in [0.717, 1.165) is 18.4 Å². The highest BCUT2D eigenvalue weighted by atomic mass is 16.7. The minimum absolute atomic E-state index is 0.286. The summed E-state index contributed by atoms with van der Waals surface area (Å²) in [5, 5.41) is 0. The molecule has 0 bridgehead atoms. The third-order valence-corrected chi connectivity index (χ3v) is 2.82. The van der Waals surface area contributed by atoms with E-state index >= 15 is 0 Å². The quantitative estimate of drug-likeness (QED) is 0.590. The largest absolute Gasteiger partial charge is 0.434 e. The summed E-state index contributed by atoms with van der Waals surface area (Å²) in [5.41, 5.74) is 0.856. The number of hydrogen-bond acceptors (Lipinski definition) is 3. The molecule has 18 heavy (non-hydrogen) atoms. The van der Waals surface area contributed by atoms with Gasteiger partial charge in [-0.1, -0.05) is 49.4 Å². The van der Waals surface area contributed by atoms with Gasteiger partial charge in [0.05, 0.1) is 0 Å². The van der Waals surface area contributed by atoms with E-state index in [9.17, 15) is 4.79 Å². The molecule has 0 amide bonds. The van der Waals surface area contributed by atoms with E-state index in [1.54, 1.807) is 0 Å². The summed E-state index contributed by atoms with van der Waals surface area (Å²) >= 11 is 0. The molecule has 1 aromatic rings. The second-order valence-corrected chi connectivity index (χ2v) is 4.25. The van der Waals surface area contributed by atoms with Crippen molar-refractivity contribution >= 4 is 5.97 Å². The van der Waals surface area contributed by atoms with Crippen LogP contribution < -0.4 is 0 Å². The van der Waals surface area contributed by atoms with Crippen molar-refractivity contribution in [3.63, 3.8) is 0 Å². The Morgan fingerprint density at radius 2 is 2.00 bits per heavy atom. The number of cyclic esters (lactones) is 1. The van der Waals surface area contributed by atoms with Gasteiger partial charge in [-0.05, 0) is 18.4 Å². The van der Waals surface area contributed by atoms with E-state index in [2.05, 4.69) is 19.1 Å². The molecule has 3 heteroatoms. The van der Waals surface area contributed by atoms with E-state index in [4.69, 9.17) is 9.47 Å². The summed E-state index contributed by atoms with van der Waals surface area (Å²) in [6, 6.07) is 9.46. The molecule has 0 aliphatic carbocycles. The number of allylic oxidation sites excluding steroid dienone is 2. The molecule has 1 aliphatic rings. The van der Waals surface area contributed by atoms with Crippen LogP contribution in [0.2, 0.25) is 0 Å². The molecule has 0 spiro atoms. The van der Waals surface area contributed by atoms with E-state index in [0.29, 0.717) is 6.42 Å². The summed E-state index contributed by atoms with van der Waals surface area (Å²) in [6.07, 6.45) is 5.82. The average Bonchev–Trinajstić information content (AvgIpc) is 2.77. The van der Waals surface area contributed by atoms with Crippen LogP contribution in [0.15, 0.2) is 42.5 Å². The fraction of sp³-hybridized carbons (Fsp3) is 0.400. The Kier molecular flexibility index (Phi) is 4.53. The molecule has 0 N–H and O–H groups in total. The number of carbonyl (C=O) groups excluding carboxylic acids is 1. The van der Waals surface area contributed by atoms with Crippen molar-refractivity contribution < 1.29 is 14.3 Å². The molecule has 2 rings (SSSR count). The molecule has 96 valence electrons. The van der Waals surface area contributed by atoms with Gasteiger partial charge in [0.2, 0.25) is 6.29 Å². The van der Waals surface area contributed by atoms with Crippen LogP contribution in [0.4, 0.5) is 0 Å². The number of ether oxygens (including phenoxy) is 2. The summed E-state index contributed by atoms with van der Waals surface area (Å²) in [6.45, 7) is 2.09. The summed E-state index contributed by atoms with van der Waals surface area (Å²) in [5.74, 6) is -0.286. The summed E-state index contributed by atoms with van der Waals surface area (Å²) < 4.78 is 10.8. The van der Waals surface area contributed by atoms with Crippen molar-refractivity contribution in [1.82, 2.24) is 0 Å². The van der Waals surface area contributed by atoms with Crippen LogP contribution in [-0.2, 0) is 14.3 Å². The Morgan fingerprint density at radius 1 is 1.22 bits per heavy atom. The van der Waals surface area contributed by atoms with Gasteiger partial charge in [-0.25, -0.2) is 4.79 Å². The van der Waals surface area contributed by atoms with E-state index < -0.39 is 12.4 Å². The molecule has 0 saturated carbocycles. The first-order chi connectivity index (χ1) is 8.81. The minimum Gasteiger partial charge on any atom is -0.434 e. The van der Waals surface area contributed by atoms with Crippen molar-refractivity contribution in [2.24, 2.45) is 0 Å². The highest BCUT2D eigenvalue weighted by Gasteiger charge is 2.35. The van der Waals surface area contributed by atoms with Crippen molar-refractivity contribution in [2.45, 2.75) is 38.6 Å². The smallest absolute Gasteiger partial charge is 0.342 e. The fourth-order valence-electron chi connectivity index (χ4n) is 1.91. The van der Waals surface area contributed by atoms with E-state index in [-0.39, 0.29) is 5.97 Å². The zero-order chi connectivity index (χ0) is 12.8. The van der Waals surface area contributed by atoms with Crippen molar-refractivity contribution in [3.8, 4) is 0 Å². The van der Waals surface area contributed by atoms with Crippen molar-refractivity contribution in [1.29, 1.82) is 0 Å². The molecule has 0 radical (unpaired) electrons. The highest BCUT2D eigenvalue weighted by Crippen LogP contribution is 2.29. The molecule has 3 nitrogen and oxygen atoms in total. The Bertz CT molecular complexity index is 411. The van der Waals surface area contributed by atoms with Crippen LogP contribution in [-0.4, -0.2) is 12.3 Å². The third-order valence-electron chi connectivity index (χ3n) is 2.82. The second kappa shape index (κ2) is 6.36. The normalized spacial score (nSPS) is 23.5. The monoisotopic (exact) mass is 246 g/mol. The van der Waals surface area contributed by atoms with Crippen LogP contribution in [0.25, 0.3) is 0 Å². The van der Waals surface area contributed by atoms with Crippen LogP contribution in [0.1, 0.15) is 37.9 Å². The molecule has 0 unspecified atom stereocenters. The van der Waals surface area contributed by atoms with Crippen LogP contribution in [0, 0.1) is 0 Å². The predicted molar refractivity (Wildman–Crippen MR) is 68.8 cm³/mol. The summed E-state index contributed by atoms with van der Waals surface area (Å²) in [4.78, 5) is 11.7. The Labute approximate surface area is 107 Å². The van der Waals surface area contributed by atoms with E-state index in [1.807, 2.05) is 30.3 Å². The van der Waals surface area contributed by atoms with Gasteiger partial charge in [-0.15, -0.1) is 0 Å². The first-order valence-electron chi connectivity index (χ1n) is 6.37. The van der Waals surface area contributed by atoms with Crippen LogP contribution >= 0.6 is 0 Å². The fourth-order valence-corrected chi connectivity index (χ4v) is 1.91. The first-order valence-corrected chi connectivity index (χ1v) is 6.37. The molecule has 2 atom stereocenters. The van der Waals surface area contributed by atoms with Crippen LogP contribution in [0.3, 0.4) is 0 Å². The third kappa shape index (κ3) is 3.20.